The fraction of sp³-hybridized carbons (Fsp3) is 0.235. The summed E-state index contributed by atoms with van der Waals surface area (Å²) in [5.41, 5.74) is 3.87. The van der Waals surface area contributed by atoms with Gasteiger partial charge in [-0.15, -0.1) is 0 Å². The van der Waals surface area contributed by atoms with E-state index in [4.69, 9.17) is 0 Å². The van der Waals surface area contributed by atoms with Crippen LogP contribution in [0.15, 0.2) is 36.8 Å². The second-order valence-electron chi connectivity index (χ2n) is 5.67. The standard InChI is InChI=1S/C17H19N5O2/c1-11-4-3-5-14-15(11)12(8-19-14)6-7-18-16(23)17(24)21-13-9-20-22(2)10-13/h3-5,8-10,19H,6-7H2,1-2H3,(H,18,23)(H,21,24). The lowest BCUT2D eigenvalue weighted by atomic mass is 10.1. The van der Waals surface area contributed by atoms with E-state index >= 15 is 0 Å². The van der Waals surface area contributed by atoms with Crippen molar-refractivity contribution in [3.8, 4) is 0 Å². The molecule has 2 heterocycles. The Morgan fingerprint density at radius 1 is 1.29 bits per heavy atom. The molecule has 0 saturated heterocycles. The third kappa shape index (κ3) is 3.29. The number of rotatable bonds is 4. The highest BCUT2D eigenvalue weighted by Crippen LogP contribution is 2.22. The van der Waals surface area contributed by atoms with Crippen molar-refractivity contribution in [1.29, 1.82) is 0 Å². The first-order valence-corrected chi connectivity index (χ1v) is 7.68. The van der Waals surface area contributed by atoms with E-state index in [-0.39, 0.29) is 0 Å². The summed E-state index contributed by atoms with van der Waals surface area (Å²) < 4.78 is 1.55. The largest absolute Gasteiger partial charge is 0.361 e. The minimum absolute atomic E-state index is 0.389. The molecule has 0 radical (unpaired) electrons. The van der Waals surface area contributed by atoms with E-state index in [1.165, 1.54) is 17.1 Å². The third-order valence-electron chi connectivity index (χ3n) is 3.84. The number of carbonyl (C=O) groups excluding carboxylic acids is 2. The summed E-state index contributed by atoms with van der Waals surface area (Å²) in [5.74, 6) is -1.35. The molecule has 2 amide bonds. The molecule has 7 heteroatoms. The number of H-pyrrole nitrogens is 1. The van der Waals surface area contributed by atoms with E-state index in [0.29, 0.717) is 18.7 Å². The number of aromatic amines is 1. The maximum Gasteiger partial charge on any atom is 0.313 e. The quantitative estimate of drug-likeness (QED) is 0.635. The summed E-state index contributed by atoms with van der Waals surface area (Å²) >= 11 is 0. The Morgan fingerprint density at radius 2 is 2.12 bits per heavy atom. The van der Waals surface area contributed by atoms with Gasteiger partial charge in [-0.05, 0) is 30.5 Å². The van der Waals surface area contributed by atoms with Gasteiger partial charge in [0.05, 0.1) is 11.9 Å². The number of amides is 2. The number of fused-ring (bicyclic) bond motifs is 1. The summed E-state index contributed by atoms with van der Waals surface area (Å²) in [4.78, 5) is 26.9. The predicted molar refractivity (Wildman–Crippen MR) is 91.6 cm³/mol. The Bertz CT molecular complexity index is 893. The van der Waals surface area contributed by atoms with Gasteiger partial charge in [-0.25, -0.2) is 0 Å². The summed E-state index contributed by atoms with van der Waals surface area (Å²) in [7, 11) is 1.74. The minimum Gasteiger partial charge on any atom is -0.361 e. The van der Waals surface area contributed by atoms with Crippen molar-refractivity contribution in [2.75, 3.05) is 11.9 Å². The maximum atomic E-state index is 11.9. The topological polar surface area (TPSA) is 91.8 Å². The van der Waals surface area contributed by atoms with E-state index in [1.807, 2.05) is 18.3 Å². The lowest BCUT2D eigenvalue weighted by molar-refractivity contribution is -0.136. The van der Waals surface area contributed by atoms with Gasteiger partial charge in [0.2, 0.25) is 0 Å². The summed E-state index contributed by atoms with van der Waals surface area (Å²) in [6.07, 6.45) is 5.70. The minimum atomic E-state index is -0.696. The highest BCUT2D eigenvalue weighted by Gasteiger charge is 2.14. The second-order valence-corrected chi connectivity index (χ2v) is 5.67. The number of aromatic nitrogens is 3. The van der Waals surface area contributed by atoms with E-state index in [0.717, 1.165) is 11.1 Å². The van der Waals surface area contributed by atoms with Crippen molar-refractivity contribution in [2.24, 2.45) is 7.05 Å². The maximum absolute atomic E-state index is 11.9. The lowest BCUT2D eigenvalue weighted by Gasteiger charge is -2.05. The van der Waals surface area contributed by atoms with Gasteiger partial charge < -0.3 is 15.6 Å². The van der Waals surface area contributed by atoms with Gasteiger partial charge in [0, 0.05) is 36.9 Å². The lowest BCUT2D eigenvalue weighted by Crippen LogP contribution is -2.36. The van der Waals surface area contributed by atoms with Crippen LogP contribution in [0.25, 0.3) is 10.9 Å². The molecule has 0 aliphatic heterocycles. The molecule has 3 rings (SSSR count). The van der Waals surface area contributed by atoms with Gasteiger partial charge in [-0.3, -0.25) is 14.3 Å². The van der Waals surface area contributed by atoms with Crippen molar-refractivity contribution >= 4 is 28.4 Å². The zero-order valence-corrected chi connectivity index (χ0v) is 13.6. The van der Waals surface area contributed by atoms with Crippen molar-refractivity contribution in [1.82, 2.24) is 20.1 Å². The molecule has 0 fully saturated rings. The molecule has 3 N–H and O–H groups in total. The van der Waals surface area contributed by atoms with Gasteiger partial charge in [0.15, 0.2) is 0 Å². The van der Waals surface area contributed by atoms with Gasteiger partial charge >= 0.3 is 11.8 Å². The van der Waals surface area contributed by atoms with Crippen molar-refractivity contribution in [3.63, 3.8) is 0 Å². The first-order valence-electron chi connectivity index (χ1n) is 7.68. The molecule has 3 aromatic rings. The highest BCUT2D eigenvalue weighted by atomic mass is 16.2. The molecule has 0 unspecified atom stereocenters. The van der Waals surface area contributed by atoms with Crippen LogP contribution < -0.4 is 10.6 Å². The van der Waals surface area contributed by atoms with Crippen LogP contribution in [0, 0.1) is 6.92 Å². The number of carbonyl (C=O) groups is 2. The van der Waals surface area contributed by atoms with Gasteiger partial charge in [-0.2, -0.15) is 5.10 Å². The number of aryl methyl sites for hydroxylation is 2. The van der Waals surface area contributed by atoms with E-state index < -0.39 is 11.8 Å². The molecule has 0 saturated carbocycles. The Morgan fingerprint density at radius 3 is 2.88 bits per heavy atom. The summed E-state index contributed by atoms with van der Waals surface area (Å²) in [6, 6.07) is 6.08. The number of nitrogens with one attached hydrogen (secondary N) is 3. The highest BCUT2D eigenvalue weighted by molar-refractivity contribution is 6.39. The normalized spacial score (nSPS) is 10.8. The zero-order valence-electron chi connectivity index (χ0n) is 13.6. The molecule has 124 valence electrons. The van der Waals surface area contributed by atoms with Crippen LogP contribution in [-0.4, -0.2) is 33.1 Å². The Balaban J connectivity index is 1.55. The van der Waals surface area contributed by atoms with Crippen LogP contribution in [0.3, 0.4) is 0 Å². The van der Waals surface area contributed by atoms with Crippen molar-refractivity contribution < 1.29 is 9.59 Å². The smallest absolute Gasteiger partial charge is 0.313 e. The van der Waals surface area contributed by atoms with Gasteiger partial charge in [0.1, 0.15) is 0 Å². The Labute approximate surface area is 139 Å². The van der Waals surface area contributed by atoms with Gasteiger partial charge in [0.25, 0.3) is 0 Å². The fourth-order valence-electron chi connectivity index (χ4n) is 2.71. The van der Waals surface area contributed by atoms with Crippen LogP contribution in [0.5, 0.6) is 0 Å². The molecular formula is C17H19N5O2. The van der Waals surface area contributed by atoms with E-state index in [2.05, 4.69) is 33.7 Å². The average Bonchev–Trinajstić information content (AvgIpc) is 3.14. The van der Waals surface area contributed by atoms with Gasteiger partial charge in [-0.1, -0.05) is 12.1 Å². The third-order valence-corrected chi connectivity index (χ3v) is 3.84. The number of hydrogen-bond acceptors (Lipinski definition) is 3. The van der Waals surface area contributed by atoms with Crippen LogP contribution in [-0.2, 0) is 23.1 Å². The van der Waals surface area contributed by atoms with Crippen molar-refractivity contribution in [2.45, 2.75) is 13.3 Å². The SMILES string of the molecule is Cc1cccc2[nH]cc(CCNC(=O)C(=O)Nc3cnn(C)c3)c12. The van der Waals surface area contributed by atoms with E-state index in [1.54, 1.807) is 17.9 Å². The number of benzene rings is 1. The zero-order chi connectivity index (χ0) is 17.1. The second kappa shape index (κ2) is 6.57. The van der Waals surface area contributed by atoms with E-state index in [9.17, 15) is 9.59 Å². The number of nitrogens with zero attached hydrogens (tertiary/aromatic N) is 2. The predicted octanol–water partition coefficient (Wildman–Crippen LogP) is 1.51. The molecule has 0 spiro atoms. The molecule has 24 heavy (non-hydrogen) atoms. The van der Waals surface area contributed by atoms with Crippen LogP contribution in [0.1, 0.15) is 11.1 Å². The molecular weight excluding hydrogens is 306 g/mol. The molecule has 7 nitrogen and oxygen atoms in total. The molecule has 0 aliphatic rings. The monoisotopic (exact) mass is 325 g/mol. The fourth-order valence-corrected chi connectivity index (χ4v) is 2.71. The van der Waals surface area contributed by atoms with Crippen LogP contribution in [0.2, 0.25) is 0 Å². The first-order chi connectivity index (χ1) is 11.5. The average molecular weight is 325 g/mol. The van der Waals surface area contributed by atoms with Crippen molar-refractivity contribution in [3.05, 3.63) is 47.9 Å². The molecule has 1 aromatic carbocycles. The first kappa shape index (κ1) is 15.8. The number of hydrogen-bond donors (Lipinski definition) is 3. The molecule has 0 bridgehead atoms. The Hall–Kier alpha value is -3.09. The molecule has 2 aromatic heterocycles. The number of anilines is 1. The summed E-state index contributed by atoms with van der Waals surface area (Å²) in [6.45, 7) is 2.44. The summed E-state index contributed by atoms with van der Waals surface area (Å²) in [5, 5.41) is 10.2. The molecule has 0 atom stereocenters. The van der Waals surface area contributed by atoms with Crippen LogP contribution >= 0.6 is 0 Å². The molecule has 0 aliphatic carbocycles. The van der Waals surface area contributed by atoms with Crippen LogP contribution in [0.4, 0.5) is 5.69 Å². The Kier molecular flexibility index (Phi) is 4.33.